The molecule has 2 heterocycles. The van der Waals surface area contributed by atoms with E-state index >= 15 is 0 Å². The van der Waals surface area contributed by atoms with E-state index in [2.05, 4.69) is 0 Å². The van der Waals surface area contributed by atoms with Crippen molar-refractivity contribution in [3.8, 4) is 0 Å². The van der Waals surface area contributed by atoms with Crippen LogP contribution in [0.5, 0.6) is 0 Å². The van der Waals surface area contributed by atoms with Gasteiger partial charge in [-0.1, -0.05) is 30.3 Å². The molecule has 0 spiro atoms. The zero-order chi connectivity index (χ0) is 13.4. The number of β-lactam (4-membered cyclic amide) rings is 1. The first-order valence-corrected chi connectivity index (χ1v) is 7.13. The number of benzene rings is 1. The van der Waals surface area contributed by atoms with Gasteiger partial charge in [0.15, 0.2) is 0 Å². The number of rotatable bonds is 3. The molecule has 1 aromatic carbocycles. The van der Waals surface area contributed by atoms with Crippen LogP contribution in [-0.2, 0) is 20.9 Å². The largest absolute Gasteiger partial charge is 0.459 e. The maximum absolute atomic E-state index is 12.0. The second-order valence-corrected chi connectivity index (χ2v) is 5.75. The summed E-state index contributed by atoms with van der Waals surface area (Å²) in [6.45, 7) is 0.236. The van der Waals surface area contributed by atoms with Gasteiger partial charge < -0.3 is 15.4 Å². The highest BCUT2D eigenvalue weighted by molar-refractivity contribution is 8.00. The predicted octanol–water partition coefficient (Wildman–Crippen LogP) is 0.341. The molecule has 0 radical (unpaired) electrons. The van der Waals surface area contributed by atoms with E-state index in [1.807, 2.05) is 30.3 Å². The molecule has 3 atom stereocenters. The number of nitrogens with zero attached hydrogens (tertiary/aromatic N) is 1. The third kappa shape index (κ3) is 2.11. The Bertz CT molecular complexity index is 508. The molecular formula is C13H14N2O3S. The minimum atomic E-state index is -0.481. The molecule has 5 nitrogen and oxygen atoms in total. The second-order valence-electron chi connectivity index (χ2n) is 4.60. The van der Waals surface area contributed by atoms with E-state index in [9.17, 15) is 9.59 Å². The first kappa shape index (κ1) is 12.5. The van der Waals surface area contributed by atoms with Crippen molar-refractivity contribution >= 4 is 23.6 Å². The summed E-state index contributed by atoms with van der Waals surface area (Å²) < 4.78 is 5.26. The molecule has 1 unspecified atom stereocenters. The summed E-state index contributed by atoms with van der Waals surface area (Å²) in [5.74, 6) is 0.0633. The summed E-state index contributed by atoms with van der Waals surface area (Å²) in [6.07, 6.45) is 0. The molecule has 0 aromatic heterocycles. The zero-order valence-electron chi connectivity index (χ0n) is 10.2. The van der Waals surface area contributed by atoms with Crippen LogP contribution in [0.2, 0.25) is 0 Å². The number of nitrogens with two attached hydrogens (primary N) is 1. The summed E-state index contributed by atoms with van der Waals surface area (Å²) in [7, 11) is 0. The lowest BCUT2D eigenvalue weighted by molar-refractivity contribution is -0.161. The van der Waals surface area contributed by atoms with Crippen molar-refractivity contribution in [3.05, 3.63) is 35.9 Å². The van der Waals surface area contributed by atoms with Crippen LogP contribution >= 0.6 is 11.8 Å². The number of ether oxygens (including phenoxy) is 1. The number of hydrogen-bond acceptors (Lipinski definition) is 5. The van der Waals surface area contributed by atoms with E-state index in [0.29, 0.717) is 5.75 Å². The molecule has 19 heavy (non-hydrogen) atoms. The quantitative estimate of drug-likeness (QED) is 0.637. The number of amides is 1. The van der Waals surface area contributed by atoms with E-state index in [1.165, 1.54) is 0 Å². The average Bonchev–Trinajstić information content (AvgIpc) is 2.86. The van der Waals surface area contributed by atoms with E-state index in [-0.39, 0.29) is 23.9 Å². The summed E-state index contributed by atoms with van der Waals surface area (Å²) in [4.78, 5) is 25.1. The first-order chi connectivity index (χ1) is 9.18. The Labute approximate surface area is 115 Å². The van der Waals surface area contributed by atoms with Gasteiger partial charge in [-0.05, 0) is 5.56 Å². The van der Waals surface area contributed by atoms with Gasteiger partial charge in [-0.2, -0.15) is 0 Å². The number of carbonyl (C=O) groups excluding carboxylic acids is 2. The number of esters is 1. The number of fused-ring (bicyclic) bond motifs is 1. The molecule has 2 N–H and O–H groups in total. The van der Waals surface area contributed by atoms with Gasteiger partial charge in [-0.25, -0.2) is 4.79 Å². The molecule has 2 saturated heterocycles. The minimum absolute atomic E-state index is 0.0539. The van der Waals surface area contributed by atoms with Gasteiger partial charge in [0.1, 0.15) is 24.1 Å². The van der Waals surface area contributed by atoms with Crippen LogP contribution in [0.15, 0.2) is 30.3 Å². The number of carbonyl (C=O) groups is 2. The second kappa shape index (κ2) is 4.86. The Morgan fingerprint density at radius 2 is 2.16 bits per heavy atom. The average molecular weight is 278 g/mol. The van der Waals surface area contributed by atoms with Crippen LogP contribution in [0.3, 0.4) is 0 Å². The van der Waals surface area contributed by atoms with Crippen LogP contribution in [0, 0.1) is 0 Å². The predicted molar refractivity (Wildman–Crippen MR) is 71.1 cm³/mol. The van der Waals surface area contributed by atoms with Crippen LogP contribution in [-0.4, -0.2) is 40.0 Å². The lowest BCUT2D eigenvalue weighted by atomic mass is 10.1. The highest BCUT2D eigenvalue weighted by atomic mass is 32.2. The topological polar surface area (TPSA) is 72.6 Å². The highest BCUT2D eigenvalue weighted by Crippen LogP contribution is 2.38. The van der Waals surface area contributed by atoms with Crippen LogP contribution in [0.1, 0.15) is 5.56 Å². The van der Waals surface area contributed by atoms with Gasteiger partial charge in [0, 0.05) is 5.75 Å². The molecular weight excluding hydrogens is 264 g/mol. The lowest BCUT2D eigenvalue weighted by Gasteiger charge is -2.41. The first-order valence-electron chi connectivity index (χ1n) is 6.08. The maximum atomic E-state index is 12.0. The van der Waals surface area contributed by atoms with Gasteiger partial charge in [0.2, 0.25) is 5.91 Å². The smallest absolute Gasteiger partial charge is 0.330 e. The monoisotopic (exact) mass is 278 g/mol. The molecule has 0 aliphatic carbocycles. The zero-order valence-corrected chi connectivity index (χ0v) is 11.0. The molecule has 2 fully saturated rings. The van der Waals surface area contributed by atoms with E-state index < -0.39 is 12.1 Å². The Morgan fingerprint density at radius 1 is 1.42 bits per heavy atom. The van der Waals surface area contributed by atoms with Crippen LogP contribution in [0.4, 0.5) is 0 Å². The van der Waals surface area contributed by atoms with Gasteiger partial charge in [-0.15, -0.1) is 11.8 Å². The van der Waals surface area contributed by atoms with E-state index in [1.54, 1.807) is 16.7 Å². The van der Waals surface area contributed by atoms with E-state index in [4.69, 9.17) is 10.5 Å². The van der Waals surface area contributed by atoms with E-state index in [0.717, 1.165) is 5.56 Å². The molecule has 100 valence electrons. The Kier molecular flexibility index (Phi) is 3.20. The molecule has 2 aliphatic rings. The Balaban J connectivity index is 1.58. The fourth-order valence-electron chi connectivity index (χ4n) is 2.30. The molecule has 6 heteroatoms. The SMILES string of the molecule is N[C@@H]1C(=O)N2C(C(=O)OCc3ccccc3)CS[C@@H]12. The van der Waals surface area contributed by atoms with Gasteiger partial charge in [0.25, 0.3) is 0 Å². The maximum Gasteiger partial charge on any atom is 0.330 e. The standard InChI is InChI=1S/C13H14N2O3S/c14-10-11(16)15-9(7-19-12(10)15)13(17)18-6-8-4-2-1-3-5-8/h1-5,9-10,12H,6-7,14H2/t9?,10-,12+/m1/s1. The van der Waals surface area contributed by atoms with Gasteiger partial charge >= 0.3 is 5.97 Å². The van der Waals surface area contributed by atoms with Gasteiger partial charge in [0.05, 0.1) is 0 Å². The van der Waals surface area contributed by atoms with Crippen molar-refractivity contribution in [2.45, 2.75) is 24.1 Å². The molecule has 1 aromatic rings. The number of hydrogen-bond donors (Lipinski definition) is 1. The van der Waals surface area contributed by atoms with Crippen molar-refractivity contribution in [2.75, 3.05) is 5.75 Å². The summed E-state index contributed by atoms with van der Waals surface area (Å²) >= 11 is 1.54. The van der Waals surface area contributed by atoms with Crippen molar-refractivity contribution in [1.29, 1.82) is 0 Å². The van der Waals surface area contributed by atoms with Crippen LogP contribution < -0.4 is 5.73 Å². The molecule has 1 amide bonds. The Morgan fingerprint density at radius 3 is 2.89 bits per heavy atom. The normalized spacial score (nSPS) is 28.8. The van der Waals surface area contributed by atoms with Crippen LogP contribution in [0.25, 0.3) is 0 Å². The fourth-order valence-corrected chi connectivity index (χ4v) is 3.71. The Hall–Kier alpha value is -1.53. The molecule has 0 bridgehead atoms. The summed E-state index contributed by atoms with van der Waals surface area (Å²) in [5.41, 5.74) is 6.61. The minimum Gasteiger partial charge on any atom is -0.459 e. The summed E-state index contributed by atoms with van der Waals surface area (Å²) in [6, 6.07) is 8.53. The summed E-state index contributed by atoms with van der Waals surface area (Å²) in [5, 5.41) is -0.0539. The molecule has 3 rings (SSSR count). The van der Waals surface area contributed by atoms with Crippen molar-refractivity contribution < 1.29 is 14.3 Å². The lowest BCUT2D eigenvalue weighted by Crippen LogP contribution is -2.68. The molecule has 0 saturated carbocycles. The van der Waals surface area contributed by atoms with Crippen molar-refractivity contribution in [1.82, 2.24) is 4.90 Å². The molecule has 2 aliphatic heterocycles. The highest BCUT2D eigenvalue weighted by Gasteiger charge is 2.55. The van der Waals surface area contributed by atoms with Gasteiger partial charge in [-0.3, -0.25) is 4.79 Å². The fraction of sp³-hybridized carbons (Fsp3) is 0.385. The number of thioether (sulfide) groups is 1. The third-order valence-corrected chi connectivity index (χ3v) is 4.75. The van der Waals surface area contributed by atoms with Crippen molar-refractivity contribution in [3.63, 3.8) is 0 Å². The van der Waals surface area contributed by atoms with Crippen molar-refractivity contribution in [2.24, 2.45) is 5.73 Å². The third-order valence-electron chi connectivity index (χ3n) is 3.38.